The Morgan fingerprint density at radius 3 is 3.12 bits per heavy atom. The van der Waals surface area contributed by atoms with Crippen LogP contribution < -0.4 is 0 Å². The van der Waals surface area contributed by atoms with E-state index in [0.717, 1.165) is 22.7 Å². The molecule has 1 aliphatic heterocycles. The SMILES string of the molecule is Cc1nc2ccccn2c1CC(=O)N1CCO[C@H](c2cnccn2)C1. The molecular weight excluding hydrogens is 318 g/mol. The van der Waals surface area contributed by atoms with Gasteiger partial charge < -0.3 is 14.0 Å². The zero-order valence-electron chi connectivity index (χ0n) is 14.0. The van der Waals surface area contributed by atoms with Crippen molar-refractivity contribution in [2.75, 3.05) is 19.7 Å². The van der Waals surface area contributed by atoms with Gasteiger partial charge in [0.1, 0.15) is 11.8 Å². The van der Waals surface area contributed by atoms with Gasteiger partial charge in [0.05, 0.1) is 42.9 Å². The van der Waals surface area contributed by atoms with Gasteiger partial charge in [-0.3, -0.25) is 14.8 Å². The Morgan fingerprint density at radius 2 is 2.28 bits per heavy atom. The lowest BCUT2D eigenvalue weighted by molar-refractivity contribution is -0.138. The summed E-state index contributed by atoms with van der Waals surface area (Å²) >= 11 is 0. The second kappa shape index (κ2) is 6.60. The van der Waals surface area contributed by atoms with Crippen LogP contribution in [0.2, 0.25) is 0 Å². The number of morpholine rings is 1. The Hall–Kier alpha value is -2.80. The van der Waals surface area contributed by atoms with E-state index < -0.39 is 0 Å². The first-order valence-electron chi connectivity index (χ1n) is 8.30. The van der Waals surface area contributed by atoms with Gasteiger partial charge in [-0.25, -0.2) is 4.98 Å². The summed E-state index contributed by atoms with van der Waals surface area (Å²) in [4.78, 5) is 27.6. The second-order valence-corrected chi connectivity index (χ2v) is 6.08. The van der Waals surface area contributed by atoms with E-state index in [1.54, 1.807) is 18.6 Å². The van der Waals surface area contributed by atoms with Crippen molar-refractivity contribution in [1.29, 1.82) is 0 Å². The van der Waals surface area contributed by atoms with E-state index in [1.165, 1.54) is 0 Å². The van der Waals surface area contributed by atoms with Crippen LogP contribution in [-0.4, -0.2) is 49.9 Å². The fraction of sp³-hybridized carbons (Fsp3) is 0.333. The Balaban J connectivity index is 1.51. The molecule has 1 fully saturated rings. The first kappa shape index (κ1) is 15.7. The third-order valence-electron chi connectivity index (χ3n) is 4.48. The summed E-state index contributed by atoms with van der Waals surface area (Å²) in [6.07, 6.45) is 7.00. The molecule has 0 saturated carbocycles. The van der Waals surface area contributed by atoms with Gasteiger partial charge in [-0.15, -0.1) is 0 Å². The predicted octanol–water partition coefficient (Wildman–Crippen LogP) is 1.58. The lowest BCUT2D eigenvalue weighted by Crippen LogP contribution is -2.43. The summed E-state index contributed by atoms with van der Waals surface area (Å²) in [7, 11) is 0. The monoisotopic (exact) mass is 337 g/mol. The van der Waals surface area contributed by atoms with Crippen molar-refractivity contribution in [3.05, 3.63) is 60.1 Å². The molecule has 1 aliphatic rings. The summed E-state index contributed by atoms with van der Waals surface area (Å²) < 4.78 is 7.74. The molecule has 7 nitrogen and oxygen atoms in total. The average molecular weight is 337 g/mol. The van der Waals surface area contributed by atoms with Gasteiger partial charge in [-0.05, 0) is 19.1 Å². The molecule has 0 spiro atoms. The maximum Gasteiger partial charge on any atom is 0.228 e. The molecule has 4 rings (SSSR count). The summed E-state index contributed by atoms with van der Waals surface area (Å²) in [5.74, 6) is 0.0749. The van der Waals surface area contributed by atoms with Crippen molar-refractivity contribution in [1.82, 2.24) is 24.3 Å². The highest BCUT2D eigenvalue weighted by Crippen LogP contribution is 2.21. The normalized spacial score (nSPS) is 17.8. The topological polar surface area (TPSA) is 72.6 Å². The van der Waals surface area contributed by atoms with E-state index in [4.69, 9.17) is 4.74 Å². The number of aryl methyl sites for hydroxylation is 1. The average Bonchev–Trinajstić information content (AvgIpc) is 2.98. The number of pyridine rings is 1. The van der Waals surface area contributed by atoms with Crippen LogP contribution in [-0.2, 0) is 16.0 Å². The number of fused-ring (bicyclic) bond motifs is 1. The lowest BCUT2D eigenvalue weighted by atomic mass is 10.1. The molecule has 0 N–H and O–H groups in total. The van der Waals surface area contributed by atoms with E-state index in [0.29, 0.717) is 26.1 Å². The van der Waals surface area contributed by atoms with Crippen molar-refractivity contribution >= 4 is 11.6 Å². The molecule has 4 heterocycles. The van der Waals surface area contributed by atoms with E-state index in [9.17, 15) is 4.79 Å². The van der Waals surface area contributed by atoms with E-state index in [1.807, 2.05) is 40.6 Å². The van der Waals surface area contributed by atoms with Crippen LogP contribution in [0.25, 0.3) is 5.65 Å². The highest BCUT2D eigenvalue weighted by Gasteiger charge is 2.27. The van der Waals surface area contributed by atoms with Crippen LogP contribution in [0.1, 0.15) is 23.2 Å². The van der Waals surface area contributed by atoms with Gasteiger partial charge in [0, 0.05) is 25.1 Å². The number of carbonyl (C=O) groups is 1. The molecule has 1 atom stereocenters. The van der Waals surface area contributed by atoms with Gasteiger partial charge in [0.15, 0.2) is 0 Å². The Bertz CT molecular complexity index is 893. The minimum absolute atomic E-state index is 0.0749. The van der Waals surface area contributed by atoms with Gasteiger partial charge >= 0.3 is 0 Å². The number of aromatic nitrogens is 4. The van der Waals surface area contributed by atoms with Crippen molar-refractivity contribution in [2.45, 2.75) is 19.4 Å². The van der Waals surface area contributed by atoms with E-state index in [-0.39, 0.29) is 12.0 Å². The van der Waals surface area contributed by atoms with Gasteiger partial charge in [0.2, 0.25) is 5.91 Å². The predicted molar refractivity (Wildman–Crippen MR) is 90.9 cm³/mol. The van der Waals surface area contributed by atoms with Crippen LogP contribution in [0.3, 0.4) is 0 Å². The van der Waals surface area contributed by atoms with Gasteiger partial charge in [-0.1, -0.05) is 6.07 Å². The zero-order chi connectivity index (χ0) is 17.2. The van der Waals surface area contributed by atoms with Crippen molar-refractivity contribution in [3.8, 4) is 0 Å². The first-order chi connectivity index (χ1) is 12.2. The van der Waals surface area contributed by atoms with Gasteiger partial charge in [0.25, 0.3) is 0 Å². The third-order valence-corrected chi connectivity index (χ3v) is 4.48. The van der Waals surface area contributed by atoms with E-state index in [2.05, 4.69) is 15.0 Å². The molecule has 0 bridgehead atoms. The smallest absolute Gasteiger partial charge is 0.228 e. The fourth-order valence-corrected chi connectivity index (χ4v) is 3.16. The quantitative estimate of drug-likeness (QED) is 0.725. The summed E-state index contributed by atoms with van der Waals surface area (Å²) in [6.45, 7) is 3.52. The Morgan fingerprint density at radius 1 is 1.36 bits per heavy atom. The lowest BCUT2D eigenvalue weighted by Gasteiger charge is -2.32. The molecule has 7 heteroatoms. The molecule has 3 aromatic rings. The minimum atomic E-state index is -0.227. The van der Waals surface area contributed by atoms with Crippen molar-refractivity contribution < 1.29 is 9.53 Å². The summed E-state index contributed by atoms with van der Waals surface area (Å²) in [6, 6.07) is 5.83. The fourth-order valence-electron chi connectivity index (χ4n) is 3.16. The number of ether oxygens (including phenoxy) is 1. The molecule has 1 amide bonds. The number of nitrogens with zero attached hydrogens (tertiary/aromatic N) is 5. The Kier molecular flexibility index (Phi) is 4.15. The van der Waals surface area contributed by atoms with Crippen LogP contribution >= 0.6 is 0 Å². The minimum Gasteiger partial charge on any atom is -0.368 e. The molecule has 3 aromatic heterocycles. The molecule has 1 saturated heterocycles. The van der Waals surface area contributed by atoms with Crippen LogP contribution in [0.4, 0.5) is 0 Å². The standard InChI is InChI=1S/C18H19N5O2/c1-13-15(23-7-3-2-4-17(23)21-13)10-18(24)22-8-9-25-16(12-22)14-11-19-5-6-20-14/h2-7,11,16H,8-10,12H2,1H3/t16-/m0/s1. The van der Waals surface area contributed by atoms with Crippen molar-refractivity contribution in [2.24, 2.45) is 0 Å². The maximum atomic E-state index is 12.8. The molecular formula is C18H19N5O2. The highest BCUT2D eigenvalue weighted by molar-refractivity contribution is 5.79. The summed E-state index contributed by atoms with van der Waals surface area (Å²) in [5.41, 5.74) is 3.44. The molecule has 25 heavy (non-hydrogen) atoms. The molecule has 0 radical (unpaired) electrons. The number of hydrogen-bond donors (Lipinski definition) is 0. The molecule has 0 unspecified atom stereocenters. The largest absolute Gasteiger partial charge is 0.368 e. The number of rotatable bonds is 3. The molecule has 0 aliphatic carbocycles. The molecule has 0 aromatic carbocycles. The number of imidazole rings is 1. The third kappa shape index (κ3) is 3.10. The van der Waals surface area contributed by atoms with E-state index >= 15 is 0 Å². The zero-order valence-corrected chi connectivity index (χ0v) is 14.0. The van der Waals surface area contributed by atoms with Crippen LogP contribution in [0.15, 0.2) is 43.0 Å². The molecule has 128 valence electrons. The first-order valence-corrected chi connectivity index (χ1v) is 8.30. The number of hydrogen-bond acceptors (Lipinski definition) is 5. The number of carbonyl (C=O) groups excluding carboxylic acids is 1. The van der Waals surface area contributed by atoms with Crippen LogP contribution in [0, 0.1) is 6.92 Å². The second-order valence-electron chi connectivity index (χ2n) is 6.08. The van der Waals surface area contributed by atoms with Crippen LogP contribution in [0.5, 0.6) is 0 Å². The van der Waals surface area contributed by atoms with Crippen molar-refractivity contribution in [3.63, 3.8) is 0 Å². The number of amides is 1. The van der Waals surface area contributed by atoms with Gasteiger partial charge in [-0.2, -0.15) is 0 Å². The Labute approximate surface area is 145 Å². The highest BCUT2D eigenvalue weighted by atomic mass is 16.5. The summed E-state index contributed by atoms with van der Waals surface area (Å²) in [5, 5.41) is 0. The maximum absolute atomic E-state index is 12.8.